The zero-order valence-electron chi connectivity index (χ0n) is 9.01. The van der Waals surface area contributed by atoms with Crippen LogP contribution in [0.25, 0.3) is 0 Å². The van der Waals surface area contributed by atoms with E-state index in [9.17, 15) is 4.79 Å². The van der Waals surface area contributed by atoms with Crippen molar-refractivity contribution in [3.63, 3.8) is 0 Å². The predicted octanol–water partition coefficient (Wildman–Crippen LogP) is 2.09. The van der Waals surface area contributed by atoms with Crippen LogP contribution >= 0.6 is 11.6 Å². The van der Waals surface area contributed by atoms with E-state index < -0.39 is 0 Å². The number of carbonyl (C=O) groups excluding carboxylic acids is 1. The molecule has 1 amide bonds. The van der Waals surface area contributed by atoms with E-state index in [0.717, 1.165) is 5.56 Å². The summed E-state index contributed by atoms with van der Waals surface area (Å²) in [5.74, 6) is 0.0764. The minimum atomic E-state index is -0.282. The minimum Gasteiger partial charge on any atom is -0.306 e. The zero-order chi connectivity index (χ0) is 12.3. The first kappa shape index (κ1) is 11.5. The van der Waals surface area contributed by atoms with Gasteiger partial charge in [0, 0.05) is 18.6 Å². The van der Waals surface area contributed by atoms with Gasteiger partial charge in [-0.3, -0.25) is 9.78 Å². The van der Waals surface area contributed by atoms with Crippen LogP contribution in [-0.4, -0.2) is 20.9 Å². The predicted molar refractivity (Wildman–Crippen MR) is 64.0 cm³/mol. The van der Waals surface area contributed by atoms with Crippen molar-refractivity contribution in [3.8, 4) is 0 Å². The lowest BCUT2D eigenvalue weighted by molar-refractivity contribution is 0.102. The molecule has 2 heterocycles. The molecule has 0 saturated carbocycles. The van der Waals surface area contributed by atoms with Crippen molar-refractivity contribution in [1.29, 1.82) is 0 Å². The summed E-state index contributed by atoms with van der Waals surface area (Å²) in [6.45, 7) is 1.87. The highest BCUT2D eigenvalue weighted by Crippen LogP contribution is 2.08. The van der Waals surface area contributed by atoms with Crippen LogP contribution in [0, 0.1) is 6.92 Å². The molecule has 0 aliphatic rings. The third-order valence-electron chi connectivity index (χ3n) is 2.00. The van der Waals surface area contributed by atoms with Crippen LogP contribution < -0.4 is 5.32 Å². The van der Waals surface area contributed by atoms with E-state index in [1.54, 1.807) is 18.3 Å². The number of pyridine rings is 1. The molecular weight excluding hydrogens is 240 g/mol. The topological polar surface area (TPSA) is 67.8 Å². The molecule has 1 N–H and O–H groups in total. The average molecular weight is 249 g/mol. The molecule has 2 rings (SSSR count). The van der Waals surface area contributed by atoms with Gasteiger partial charge in [-0.2, -0.15) is 0 Å². The molecule has 0 aliphatic carbocycles. The number of hydrogen-bond acceptors (Lipinski definition) is 4. The van der Waals surface area contributed by atoms with Gasteiger partial charge in [-0.1, -0.05) is 0 Å². The Morgan fingerprint density at radius 3 is 2.94 bits per heavy atom. The molecule has 5 nitrogen and oxygen atoms in total. The molecular formula is C11H9ClN4O. The third-order valence-corrected chi connectivity index (χ3v) is 2.19. The highest BCUT2D eigenvalue weighted by Gasteiger charge is 2.07. The van der Waals surface area contributed by atoms with Crippen LogP contribution in [0.15, 0.2) is 30.7 Å². The maximum atomic E-state index is 11.8. The first-order valence-corrected chi connectivity index (χ1v) is 5.24. The van der Waals surface area contributed by atoms with Gasteiger partial charge in [0.25, 0.3) is 5.91 Å². The van der Waals surface area contributed by atoms with Crippen LogP contribution in [0.5, 0.6) is 0 Å². The second kappa shape index (κ2) is 4.88. The van der Waals surface area contributed by atoms with Gasteiger partial charge in [-0.25, -0.2) is 9.97 Å². The monoisotopic (exact) mass is 248 g/mol. The van der Waals surface area contributed by atoms with Crippen molar-refractivity contribution >= 4 is 23.3 Å². The van der Waals surface area contributed by atoms with Gasteiger partial charge in [0.2, 0.25) is 5.28 Å². The second-order valence-electron chi connectivity index (χ2n) is 3.42. The highest BCUT2D eigenvalue weighted by molar-refractivity contribution is 6.28. The summed E-state index contributed by atoms with van der Waals surface area (Å²) >= 11 is 5.61. The number of hydrogen-bond donors (Lipinski definition) is 1. The molecule has 17 heavy (non-hydrogen) atoms. The molecule has 86 valence electrons. The normalized spacial score (nSPS) is 10.0. The molecule has 0 aliphatic heterocycles. The van der Waals surface area contributed by atoms with Crippen molar-refractivity contribution < 1.29 is 4.79 Å². The van der Waals surface area contributed by atoms with Crippen LogP contribution in [0.4, 0.5) is 5.82 Å². The molecule has 2 aromatic heterocycles. The fraction of sp³-hybridized carbons (Fsp3) is 0.0909. The first-order chi connectivity index (χ1) is 8.15. The second-order valence-corrected chi connectivity index (χ2v) is 3.75. The zero-order valence-corrected chi connectivity index (χ0v) is 9.77. The summed E-state index contributed by atoms with van der Waals surface area (Å²) in [6.07, 6.45) is 4.64. The number of carbonyl (C=O) groups is 1. The van der Waals surface area contributed by atoms with Crippen molar-refractivity contribution in [3.05, 3.63) is 47.1 Å². The van der Waals surface area contributed by atoms with Crippen LogP contribution in [0.3, 0.4) is 0 Å². The Kier molecular flexibility index (Phi) is 3.30. The third kappa shape index (κ3) is 2.98. The summed E-state index contributed by atoms with van der Waals surface area (Å²) in [4.78, 5) is 23.4. The van der Waals surface area contributed by atoms with E-state index in [4.69, 9.17) is 11.6 Å². The number of anilines is 1. The van der Waals surface area contributed by atoms with E-state index in [1.165, 1.54) is 12.4 Å². The molecule has 0 atom stereocenters. The number of aryl methyl sites for hydroxylation is 1. The molecule has 0 aromatic carbocycles. The number of nitrogens with zero attached hydrogens (tertiary/aromatic N) is 3. The first-order valence-electron chi connectivity index (χ1n) is 4.87. The Bertz CT molecular complexity index is 559. The summed E-state index contributed by atoms with van der Waals surface area (Å²) in [5.41, 5.74) is 1.39. The number of amides is 1. The molecule has 6 heteroatoms. The fourth-order valence-electron chi connectivity index (χ4n) is 1.27. The molecule has 0 unspecified atom stereocenters. The van der Waals surface area contributed by atoms with E-state index in [2.05, 4.69) is 20.3 Å². The van der Waals surface area contributed by atoms with Crippen LogP contribution in [-0.2, 0) is 0 Å². The minimum absolute atomic E-state index is 0.0881. The van der Waals surface area contributed by atoms with Gasteiger partial charge < -0.3 is 5.32 Å². The molecule has 0 radical (unpaired) electrons. The maximum Gasteiger partial charge on any atom is 0.258 e. The molecule has 0 spiro atoms. The quantitative estimate of drug-likeness (QED) is 0.827. The van der Waals surface area contributed by atoms with Gasteiger partial charge in [-0.15, -0.1) is 0 Å². The molecule has 0 bridgehead atoms. The lowest BCUT2D eigenvalue weighted by atomic mass is 10.2. The maximum absolute atomic E-state index is 11.8. The molecule has 2 aromatic rings. The lowest BCUT2D eigenvalue weighted by Gasteiger charge is -2.04. The number of rotatable bonds is 2. The van der Waals surface area contributed by atoms with E-state index in [0.29, 0.717) is 11.4 Å². The number of nitrogens with one attached hydrogen (secondary N) is 1. The van der Waals surface area contributed by atoms with Crippen molar-refractivity contribution in [2.24, 2.45) is 0 Å². The van der Waals surface area contributed by atoms with Gasteiger partial charge in [0.1, 0.15) is 5.82 Å². The Morgan fingerprint density at radius 1 is 1.41 bits per heavy atom. The standard InChI is InChI=1S/C11H9ClN4O/c1-7-4-8(6-13-5-7)10(17)15-9-2-3-14-11(12)16-9/h2-6H,1H3,(H,14,15,16,17). The van der Waals surface area contributed by atoms with Crippen molar-refractivity contribution in [2.75, 3.05) is 5.32 Å². The van der Waals surface area contributed by atoms with Crippen LogP contribution in [0.1, 0.15) is 15.9 Å². The lowest BCUT2D eigenvalue weighted by Crippen LogP contribution is -2.13. The molecule has 0 fully saturated rings. The van der Waals surface area contributed by atoms with Crippen molar-refractivity contribution in [2.45, 2.75) is 6.92 Å². The average Bonchev–Trinajstić information content (AvgIpc) is 2.29. The summed E-state index contributed by atoms with van der Waals surface area (Å²) in [5, 5.41) is 2.70. The Morgan fingerprint density at radius 2 is 2.24 bits per heavy atom. The highest BCUT2D eigenvalue weighted by atomic mass is 35.5. The summed E-state index contributed by atoms with van der Waals surface area (Å²) in [6, 6.07) is 3.30. The Hall–Kier alpha value is -2.01. The van der Waals surface area contributed by atoms with Gasteiger partial charge in [-0.05, 0) is 36.2 Å². The fourth-order valence-corrected chi connectivity index (χ4v) is 1.42. The number of aromatic nitrogens is 3. The van der Waals surface area contributed by atoms with Crippen LogP contribution in [0.2, 0.25) is 5.28 Å². The smallest absolute Gasteiger partial charge is 0.258 e. The summed E-state index contributed by atoms with van der Waals surface area (Å²) in [7, 11) is 0. The summed E-state index contributed by atoms with van der Waals surface area (Å²) < 4.78 is 0. The van der Waals surface area contributed by atoms with E-state index >= 15 is 0 Å². The Balaban J connectivity index is 2.17. The van der Waals surface area contributed by atoms with Gasteiger partial charge >= 0.3 is 0 Å². The van der Waals surface area contributed by atoms with E-state index in [1.807, 2.05) is 6.92 Å². The van der Waals surface area contributed by atoms with Crippen molar-refractivity contribution in [1.82, 2.24) is 15.0 Å². The number of halogens is 1. The van der Waals surface area contributed by atoms with Gasteiger partial charge in [0.15, 0.2) is 0 Å². The largest absolute Gasteiger partial charge is 0.306 e. The van der Waals surface area contributed by atoms with Gasteiger partial charge in [0.05, 0.1) is 5.56 Å². The SMILES string of the molecule is Cc1cncc(C(=O)Nc2ccnc(Cl)n2)c1. The van der Waals surface area contributed by atoms with E-state index in [-0.39, 0.29) is 11.2 Å². The molecule has 0 saturated heterocycles. The Labute approximate surface area is 103 Å².